The van der Waals surface area contributed by atoms with Crippen molar-refractivity contribution in [3.8, 4) is 0 Å². The monoisotopic (exact) mass is 197 g/mol. The van der Waals surface area contributed by atoms with Crippen molar-refractivity contribution in [3.05, 3.63) is 0 Å². The molecule has 0 amide bonds. The van der Waals surface area contributed by atoms with Gasteiger partial charge in [0.1, 0.15) is 0 Å². The molecule has 0 aliphatic rings. The van der Waals surface area contributed by atoms with Crippen LogP contribution in [0.2, 0.25) is 0 Å². The van der Waals surface area contributed by atoms with E-state index in [2.05, 4.69) is 48.2 Å². The van der Waals surface area contributed by atoms with Crippen LogP contribution in [0.1, 0.15) is 6.92 Å². The van der Waals surface area contributed by atoms with Crippen molar-refractivity contribution < 1.29 is 0 Å². The molecule has 0 fully saturated rings. The molecule has 0 radical (unpaired) electrons. The summed E-state index contributed by atoms with van der Waals surface area (Å²) in [5.41, 5.74) is 0. The molecule has 0 unspecified atom stereocenters. The predicted octanol–water partition coefficient (Wildman–Crippen LogP) is 2.53. The van der Waals surface area contributed by atoms with Crippen LogP contribution in [0, 0.1) is 0 Å². The zero-order chi connectivity index (χ0) is 9.28. The standard InChI is InChI=1S/C8H23NS2/c1-8-9(10(2,3)4)11(5,6)7/h8H2,1-7H3. The van der Waals surface area contributed by atoms with Gasteiger partial charge in [0.15, 0.2) is 0 Å². The van der Waals surface area contributed by atoms with Gasteiger partial charge >= 0.3 is 0 Å². The van der Waals surface area contributed by atoms with Gasteiger partial charge in [0, 0.05) is 6.54 Å². The number of rotatable bonds is 3. The average Bonchev–Trinajstić information content (AvgIpc) is 1.56. The first-order valence-corrected chi connectivity index (χ1v) is 9.47. The van der Waals surface area contributed by atoms with Crippen LogP contribution in [0.3, 0.4) is 0 Å². The molecular formula is C8H23NS2. The zero-order valence-electron chi connectivity index (χ0n) is 8.97. The first-order valence-electron chi connectivity index (χ1n) is 3.84. The van der Waals surface area contributed by atoms with Gasteiger partial charge in [-0.2, -0.15) is 20.4 Å². The number of hydrogen-bond acceptors (Lipinski definition) is 1. The average molecular weight is 197 g/mol. The van der Waals surface area contributed by atoms with Crippen LogP contribution in [0.4, 0.5) is 0 Å². The van der Waals surface area contributed by atoms with Crippen molar-refractivity contribution >= 4 is 20.4 Å². The molecule has 0 spiro atoms. The third kappa shape index (κ3) is 3.72. The molecule has 0 N–H and O–H groups in total. The van der Waals surface area contributed by atoms with Crippen molar-refractivity contribution in [2.24, 2.45) is 0 Å². The second-order valence-corrected chi connectivity index (χ2v) is 12.4. The van der Waals surface area contributed by atoms with Crippen molar-refractivity contribution in [1.82, 2.24) is 3.71 Å². The number of hydrogen-bond donors (Lipinski definition) is 0. The van der Waals surface area contributed by atoms with Crippen LogP contribution in [0.25, 0.3) is 0 Å². The zero-order valence-corrected chi connectivity index (χ0v) is 10.6. The van der Waals surface area contributed by atoms with Crippen LogP contribution < -0.4 is 0 Å². The van der Waals surface area contributed by atoms with Gasteiger partial charge in [-0.1, -0.05) is 6.92 Å². The minimum absolute atomic E-state index is 0.502. The summed E-state index contributed by atoms with van der Waals surface area (Å²) in [4.78, 5) is 0. The van der Waals surface area contributed by atoms with Gasteiger partial charge in [-0.15, -0.1) is 0 Å². The third-order valence-corrected chi connectivity index (χ3v) is 7.12. The van der Waals surface area contributed by atoms with Crippen LogP contribution in [0.5, 0.6) is 0 Å². The molecule has 0 aromatic heterocycles. The summed E-state index contributed by atoms with van der Waals surface area (Å²) in [6.07, 6.45) is 14.2. The van der Waals surface area contributed by atoms with Gasteiger partial charge in [0.05, 0.1) is 0 Å². The van der Waals surface area contributed by atoms with E-state index in [1.807, 2.05) is 0 Å². The summed E-state index contributed by atoms with van der Waals surface area (Å²) in [7, 11) is -1.00. The van der Waals surface area contributed by atoms with Gasteiger partial charge in [-0.25, -0.2) is 3.71 Å². The fourth-order valence-corrected chi connectivity index (χ4v) is 8.36. The first kappa shape index (κ1) is 11.7. The Morgan fingerprint density at radius 2 is 1.09 bits per heavy atom. The van der Waals surface area contributed by atoms with E-state index in [4.69, 9.17) is 0 Å². The quantitative estimate of drug-likeness (QED) is 0.672. The molecule has 0 aromatic carbocycles. The lowest BCUT2D eigenvalue weighted by atomic mass is 10.8. The fraction of sp³-hybridized carbons (Fsp3) is 1.00. The third-order valence-electron chi connectivity index (χ3n) is 1.48. The first-order chi connectivity index (χ1) is 4.69. The summed E-state index contributed by atoms with van der Waals surface area (Å²) >= 11 is 0. The second kappa shape index (κ2) is 3.58. The molecule has 0 aliphatic heterocycles. The van der Waals surface area contributed by atoms with Crippen LogP contribution in [-0.2, 0) is 0 Å². The Bertz CT molecular complexity index is 107. The van der Waals surface area contributed by atoms with E-state index < -0.39 is 20.4 Å². The molecule has 0 saturated carbocycles. The molecule has 0 bridgehead atoms. The summed E-state index contributed by atoms with van der Waals surface area (Å²) in [6.45, 7) is 3.45. The Morgan fingerprint density at radius 3 is 1.09 bits per heavy atom. The molecule has 0 atom stereocenters. The highest BCUT2D eigenvalue weighted by atomic mass is 32.3. The van der Waals surface area contributed by atoms with E-state index in [0.29, 0.717) is 0 Å². The van der Waals surface area contributed by atoms with E-state index in [-0.39, 0.29) is 0 Å². The van der Waals surface area contributed by atoms with E-state index in [0.717, 1.165) is 0 Å². The minimum Gasteiger partial charge on any atom is -0.233 e. The van der Waals surface area contributed by atoms with E-state index in [1.54, 1.807) is 0 Å². The van der Waals surface area contributed by atoms with Gasteiger partial charge in [-0.3, -0.25) is 0 Å². The van der Waals surface area contributed by atoms with Gasteiger partial charge < -0.3 is 0 Å². The van der Waals surface area contributed by atoms with E-state index in [9.17, 15) is 0 Å². The lowest BCUT2D eigenvalue weighted by Gasteiger charge is -2.50. The van der Waals surface area contributed by atoms with Gasteiger partial charge in [-0.05, 0) is 37.5 Å². The molecular weight excluding hydrogens is 174 g/mol. The Balaban J connectivity index is 4.43. The Labute approximate surface area is 75.4 Å². The molecule has 0 aromatic rings. The fourth-order valence-electron chi connectivity index (χ4n) is 1.45. The highest BCUT2D eigenvalue weighted by molar-refractivity contribution is 8.43. The van der Waals surface area contributed by atoms with Crippen molar-refractivity contribution in [1.29, 1.82) is 0 Å². The van der Waals surface area contributed by atoms with Gasteiger partial charge in [0.2, 0.25) is 0 Å². The summed E-state index contributed by atoms with van der Waals surface area (Å²) in [5.74, 6) is 0. The smallest absolute Gasteiger partial charge is 0.0140 e. The second-order valence-electron chi connectivity index (χ2n) is 4.19. The molecule has 0 heterocycles. The lowest BCUT2D eigenvalue weighted by Crippen LogP contribution is -2.27. The molecule has 1 nitrogen and oxygen atoms in total. The van der Waals surface area contributed by atoms with Crippen molar-refractivity contribution in [2.45, 2.75) is 6.92 Å². The molecule has 0 aliphatic carbocycles. The molecule has 3 heteroatoms. The largest absolute Gasteiger partial charge is 0.233 e. The van der Waals surface area contributed by atoms with E-state index >= 15 is 0 Å². The van der Waals surface area contributed by atoms with Crippen molar-refractivity contribution in [2.75, 3.05) is 44.1 Å². The maximum absolute atomic E-state index is 2.67. The SMILES string of the molecule is CCN(S(C)(C)C)S(C)(C)C. The van der Waals surface area contributed by atoms with Crippen LogP contribution in [0.15, 0.2) is 0 Å². The topological polar surface area (TPSA) is 3.24 Å². The van der Waals surface area contributed by atoms with Crippen LogP contribution in [-0.4, -0.2) is 47.8 Å². The van der Waals surface area contributed by atoms with Gasteiger partial charge in [0.25, 0.3) is 0 Å². The molecule has 0 rings (SSSR count). The summed E-state index contributed by atoms with van der Waals surface area (Å²) in [5, 5.41) is 0. The maximum atomic E-state index is 2.67. The minimum atomic E-state index is -0.502. The highest BCUT2D eigenvalue weighted by Gasteiger charge is 2.22. The van der Waals surface area contributed by atoms with Crippen molar-refractivity contribution in [3.63, 3.8) is 0 Å². The Hall–Kier alpha value is 0.660. The molecule has 72 valence electrons. The highest BCUT2D eigenvalue weighted by Crippen LogP contribution is 2.56. The summed E-state index contributed by atoms with van der Waals surface area (Å²) in [6, 6.07) is 0. The Morgan fingerprint density at radius 1 is 0.818 bits per heavy atom. The van der Waals surface area contributed by atoms with E-state index in [1.165, 1.54) is 6.54 Å². The lowest BCUT2D eigenvalue weighted by molar-refractivity contribution is 0.760. The summed E-state index contributed by atoms with van der Waals surface area (Å²) < 4.78 is 2.67. The predicted molar refractivity (Wildman–Crippen MR) is 63.1 cm³/mol. The normalized spacial score (nSPS) is 17.1. The molecule has 0 saturated heterocycles. The molecule has 11 heavy (non-hydrogen) atoms. The van der Waals surface area contributed by atoms with Crippen LogP contribution >= 0.6 is 20.4 Å². The number of nitrogens with zero attached hydrogens (tertiary/aromatic N) is 1. The maximum Gasteiger partial charge on any atom is 0.0140 e. The Kier molecular flexibility index (Phi) is 3.80.